The maximum atomic E-state index is 15.8. The van der Waals surface area contributed by atoms with Crippen molar-refractivity contribution < 1.29 is 29.2 Å². The predicted octanol–water partition coefficient (Wildman–Crippen LogP) is 3.95. The van der Waals surface area contributed by atoms with E-state index in [9.17, 15) is 20.1 Å². The fourth-order valence-electron chi connectivity index (χ4n) is 6.53. The van der Waals surface area contributed by atoms with Crippen LogP contribution in [0.15, 0.2) is 23.0 Å². The SMILES string of the molecule is CCN(CC)Cc1cc(O)c2c(c1F)C[C@H]1C[C@H]3[C@H](N(C)C)C(O)=C(C)C[C@@]3(OC)C(=O)C1=C2O. The molecule has 0 aliphatic heterocycles. The summed E-state index contributed by atoms with van der Waals surface area (Å²) in [7, 11) is 5.18. The zero-order chi connectivity index (χ0) is 25.8. The molecule has 8 heteroatoms. The van der Waals surface area contributed by atoms with E-state index in [2.05, 4.69) is 0 Å². The number of aromatic hydroxyl groups is 1. The molecule has 192 valence electrons. The number of ketones is 1. The van der Waals surface area contributed by atoms with Crippen LogP contribution in [0.5, 0.6) is 5.75 Å². The molecule has 1 aromatic carbocycles. The van der Waals surface area contributed by atoms with E-state index >= 15 is 4.39 Å². The molecule has 1 fully saturated rings. The van der Waals surface area contributed by atoms with E-state index in [0.717, 1.165) is 13.1 Å². The molecule has 0 heterocycles. The molecule has 3 N–H and O–H groups in total. The lowest BCUT2D eigenvalue weighted by molar-refractivity contribution is -0.157. The summed E-state index contributed by atoms with van der Waals surface area (Å²) in [6, 6.07) is 0.921. The van der Waals surface area contributed by atoms with Crippen LogP contribution in [0.4, 0.5) is 4.39 Å². The second-order valence-corrected chi connectivity index (χ2v) is 10.4. The Kier molecular flexibility index (Phi) is 6.76. The van der Waals surface area contributed by atoms with Crippen LogP contribution in [0.25, 0.3) is 5.76 Å². The van der Waals surface area contributed by atoms with Crippen molar-refractivity contribution in [1.82, 2.24) is 9.80 Å². The topological polar surface area (TPSA) is 93.5 Å². The molecule has 7 nitrogen and oxygen atoms in total. The van der Waals surface area contributed by atoms with E-state index in [1.54, 1.807) is 6.92 Å². The van der Waals surface area contributed by atoms with Crippen LogP contribution >= 0.6 is 0 Å². The molecule has 4 rings (SSSR count). The first-order valence-corrected chi connectivity index (χ1v) is 12.4. The molecule has 35 heavy (non-hydrogen) atoms. The fraction of sp³-hybridized carbons (Fsp3) is 0.593. The summed E-state index contributed by atoms with van der Waals surface area (Å²) in [4.78, 5) is 18.0. The minimum atomic E-state index is -1.25. The lowest BCUT2D eigenvalue weighted by Crippen LogP contribution is -2.62. The molecule has 0 spiro atoms. The van der Waals surface area contributed by atoms with E-state index in [4.69, 9.17) is 4.74 Å². The number of rotatable bonds is 6. The number of halogens is 1. The number of aliphatic hydroxyl groups is 2. The first-order valence-electron chi connectivity index (χ1n) is 12.4. The largest absolute Gasteiger partial charge is 0.511 e. The van der Waals surface area contributed by atoms with Gasteiger partial charge in [0, 0.05) is 42.7 Å². The Bertz CT molecular complexity index is 1110. The Hall–Kier alpha value is -2.42. The quantitative estimate of drug-likeness (QED) is 0.558. The average molecular weight is 489 g/mol. The second-order valence-electron chi connectivity index (χ2n) is 10.4. The van der Waals surface area contributed by atoms with Crippen molar-refractivity contribution in [1.29, 1.82) is 0 Å². The molecule has 0 saturated heterocycles. The van der Waals surface area contributed by atoms with Gasteiger partial charge in [-0.15, -0.1) is 0 Å². The molecule has 1 aromatic rings. The zero-order valence-electron chi connectivity index (χ0n) is 21.5. The van der Waals surface area contributed by atoms with Crippen LogP contribution in [0.3, 0.4) is 0 Å². The minimum absolute atomic E-state index is 0.00480. The summed E-state index contributed by atoms with van der Waals surface area (Å²) in [5.41, 5.74) is 0.219. The first kappa shape index (κ1) is 25.7. The number of phenolic OH excluding ortho intramolecular Hbond substituents is 1. The normalized spacial score (nSPS) is 28.5. The molecule has 0 aromatic heterocycles. The first-order chi connectivity index (χ1) is 16.5. The number of benzene rings is 1. The number of carbonyl (C=O) groups is 1. The number of hydrogen-bond acceptors (Lipinski definition) is 7. The number of hydrogen-bond donors (Lipinski definition) is 3. The summed E-state index contributed by atoms with van der Waals surface area (Å²) in [6.07, 6.45) is 0.827. The van der Waals surface area contributed by atoms with E-state index in [0.29, 0.717) is 24.1 Å². The van der Waals surface area contributed by atoms with Crippen molar-refractivity contribution in [2.75, 3.05) is 34.3 Å². The smallest absolute Gasteiger partial charge is 0.195 e. The van der Waals surface area contributed by atoms with Crippen molar-refractivity contribution in [3.05, 3.63) is 45.5 Å². The minimum Gasteiger partial charge on any atom is -0.511 e. The van der Waals surface area contributed by atoms with Crippen molar-refractivity contribution in [2.24, 2.45) is 11.8 Å². The highest BCUT2D eigenvalue weighted by Crippen LogP contribution is 2.54. The third-order valence-corrected chi connectivity index (χ3v) is 8.37. The van der Waals surface area contributed by atoms with Gasteiger partial charge in [-0.3, -0.25) is 14.6 Å². The maximum Gasteiger partial charge on any atom is 0.195 e. The number of aliphatic hydroxyl groups excluding tert-OH is 2. The Labute approximate surface area is 206 Å². The molecular formula is C27H37FN2O5. The second kappa shape index (κ2) is 9.22. The van der Waals surface area contributed by atoms with Gasteiger partial charge < -0.3 is 20.1 Å². The Morgan fingerprint density at radius 3 is 2.43 bits per heavy atom. The maximum absolute atomic E-state index is 15.8. The van der Waals surface area contributed by atoms with E-state index < -0.39 is 23.4 Å². The van der Waals surface area contributed by atoms with Gasteiger partial charge in [0.15, 0.2) is 5.78 Å². The third-order valence-electron chi connectivity index (χ3n) is 8.37. The van der Waals surface area contributed by atoms with Gasteiger partial charge in [-0.1, -0.05) is 13.8 Å². The number of fused-ring (bicyclic) bond motifs is 3. The Morgan fingerprint density at radius 1 is 1.20 bits per heavy atom. The standard InChI is InChI=1S/C27H37FN2O5/c1-7-30(8-2)13-16-11-19(31)21-17(22(16)28)9-15-10-18-23(29(4)5)24(32)14(3)12-27(18,35-6)26(34)20(15)25(21)33/h11,15,18,23,31-33H,7-10,12-13H2,1-6H3/t15-,18-,23-,27-/m0/s1. The van der Waals surface area contributed by atoms with E-state index in [1.165, 1.54) is 13.2 Å². The predicted molar refractivity (Wildman–Crippen MR) is 132 cm³/mol. The van der Waals surface area contributed by atoms with Crippen LogP contribution < -0.4 is 0 Å². The molecule has 0 bridgehead atoms. The van der Waals surface area contributed by atoms with Gasteiger partial charge in [0.25, 0.3) is 0 Å². The number of methoxy groups -OCH3 is 1. The molecule has 4 atom stereocenters. The van der Waals surface area contributed by atoms with Crippen molar-refractivity contribution in [2.45, 2.75) is 58.2 Å². The van der Waals surface area contributed by atoms with Gasteiger partial charge in [0.05, 0.1) is 11.6 Å². The van der Waals surface area contributed by atoms with Gasteiger partial charge in [0.2, 0.25) is 0 Å². The van der Waals surface area contributed by atoms with Crippen molar-refractivity contribution >= 4 is 11.5 Å². The lowest BCUT2D eigenvalue weighted by Gasteiger charge is -2.53. The van der Waals surface area contributed by atoms with Crippen LogP contribution in [0.1, 0.15) is 50.3 Å². The molecule has 3 aliphatic rings. The highest BCUT2D eigenvalue weighted by molar-refractivity contribution is 6.09. The van der Waals surface area contributed by atoms with Gasteiger partial charge in [-0.2, -0.15) is 0 Å². The summed E-state index contributed by atoms with van der Waals surface area (Å²) in [5.74, 6) is -1.98. The Morgan fingerprint density at radius 2 is 1.86 bits per heavy atom. The molecule has 0 amide bonds. The molecule has 1 saturated carbocycles. The zero-order valence-corrected chi connectivity index (χ0v) is 21.5. The fourth-order valence-corrected chi connectivity index (χ4v) is 6.53. The van der Waals surface area contributed by atoms with Gasteiger partial charge in [-0.05, 0) is 64.5 Å². The van der Waals surface area contributed by atoms with E-state index in [1.807, 2.05) is 37.7 Å². The summed E-state index contributed by atoms with van der Waals surface area (Å²) in [6.45, 7) is 7.59. The summed E-state index contributed by atoms with van der Waals surface area (Å²) in [5, 5.41) is 33.0. The molecule has 0 radical (unpaired) electrons. The van der Waals surface area contributed by atoms with Crippen LogP contribution in [0.2, 0.25) is 0 Å². The van der Waals surface area contributed by atoms with Gasteiger partial charge >= 0.3 is 0 Å². The molecule has 3 aliphatic carbocycles. The highest BCUT2D eigenvalue weighted by atomic mass is 19.1. The highest BCUT2D eigenvalue weighted by Gasteiger charge is 2.60. The van der Waals surface area contributed by atoms with Crippen LogP contribution in [0, 0.1) is 17.7 Å². The van der Waals surface area contributed by atoms with Crippen LogP contribution in [-0.4, -0.2) is 76.8 Å². The number of carbonyl (C=O) groups excluding carboxylic acids is 1. The van der Waals surface area contributed by atoms with Crippen molar-refractivity contribution in [3.8, 4) is 5.75 Å². The van der Waals surface area contributed by atoms with Gasteiger partial charge in [0.1, 0.15) is 28.7 Å². The Balaban J connectivity index is 1.86. The number of Topliss-reactive ketones (excluding diaryl/α,β-unsaturated/α-hetero) is 1. The summed E-state index contributed by atoms with van der Waals surface area (Å²) >= 11 is 0. The lowest BCUT2D eigenvalue weighted by atomic mass is 9.57. The number of ether oxygens (including phenoxy) is 1. The average Bonchev–Trinajstić information content (AvgIpc) is 2.81. The number of nitrogens with zero attached hydrogens (tertiary/aromatic N) is 2. The monoisotopic (exact) mass is 488 g/mol. The van der Waals surface area contributed by atoms with Crippen molar-refractivity contribution in [3.63, 3.8) is 0 Å². The van der Waals surface area contributed by atoms with Gasteiger partial charge in [-0.25, -0.2) is 4.39 Å². The third kappa shape index (κ3) is 3.77. The molecular weight excluding hydrogens is 451 g/mol. The molecule has 0 unspecified atom stereocenters. The summed E-state index contributed by atoms with van der Waals surface area (Å²) < 4.78 is 21.7. The van der Waals surface area contributed by atoms with Crippen LogP contribution in [-0.2, 0) is 22.5 Å². The number of likely N-dealkylation sites (N-methyl/N-ethyl adjacent to an activating group) is 1. The van der Waals surface area contributed by atoms with E-state index in [-0.39, 0.29) is 58.5 Å². The number of phenols is 1.